The van der Waals surface area contributed by atoms with Crippen molar-refractivity contribution in [3.63, 3.8) is 0 Å². The lowest BCUT2D eigenvalue weighted by Gasteiger charge is -2.28. The van der Waals surface area contributed by atoms with Crippen LogP contribution < -0.4 is 14.2 Å². The molecule has 0 spiro atoms. The average Bonchev–Trinajstić information content (AvgIpc) is 3.19. The summed E-state index contributed by atoms with van der Waals surface area (Å²) in [5.74, 6) is 0.759. The molecule has 40 heavy (non-hydrogen) atoms. The molecule has 1 aliphatic heterocycles. The van der Waals surface area contributed by atoms with Gasteiger partial charge in [0.1, 0.15) is 11.5 Å². The van der Waals surface area contributed by atoms with E-state index in [0.29, 0.717) is 60.6 Å². The van der Waals surface area contributed by atoms with Crippen molar-refractivity contribution in [1.29, 1.82) is 0 Å². The lowest BCUT2D eigenvalue weighted by Crippen LogP contribution is -2.38. The maximum Gasteiger partial charge on any atom is 0.295 e. The van der Waals surface area contributed by atoms with Crippen molar-refractivity contribution in [2.24, 2.45) is 5.92 Å². The summed E-state index contributed by atoms with van der Waals surface area (Å²) < 4.78 is 17.3. The lowest BCUT2D eigenvalue weighted by atomic mass is 9.94. The van der Waals surface area contributed by atoms with Gasteiger partial charge in [0.15, 0.2) is 11.5 Å². The number of hydrogen-bond donors (Lipinski definition) is 1. The van der Waals surface area contributed by atoms with Crippen molar-refractivity contribution in [3.05, 3.63) is 58.7 Å². The Kier molecular flexibility index (Phi) is 11.0. The molecular formula is C32H44N2O6. The Hall–Kier alpha value is -3.52. The van der Waals surface area contributed by atoms with Crippen LogP contribution in [-0.2, 0) is 9.59 Å². The molecule has 2 aromatic carbocycles. The third kappa shape index (κ3) is 6.97. The monoisotopic (exact) mass is 552 g/mol. The molecule has 2 aromatic rings. The van der Waals surface area contributed by atoms with E-state index in [2.05, 4.69) is 32.6 Å². The first-order valence-electron chi connectivity index (χ1n) is 14.2. The predicted octanol–water partition coefficient (Wildman–Crippen LogP) is 5.59. The van der Waals surface area contributed by atoms with Gasteiger partial charge in [0.05, 0.1) is 31.9 Å². The van der Waals surface area contributed by atoms with Crippen LogP contribution in [0.25, 0.3) is 5.76 Å². The molecule has 8 nitrogen and oxygen atoms in total. The van der Waals surface area contributed by atoms with Crippen LogP contribution in [0.4, 0.5) is 0 Å². The molecule has 218 valence electrons. The summed E-state index contributed by atoms with van der Waals surface area (Å²) in [5, 5.41) is 11.5. The maximum atomic E-state index is 13.5. The third-order valence-electron chi connectivity index (χ3n) is 7.30. The highest BCUT2D eigenvalue weighted by atomic mass is 16.5. The second kappa shape index (κ2) is 14.2. The highest BCUT2D eigenvalue weighted by molar-refractivity contribution is 6.46. The Balaban J connectivity index is 2.10. The number of amides is 1. The van der Waals surface area contributed by atoms with Gasteiger partial charge in [0.25, 0.3) is 11.7 Å². The highest BCUT2D eigenvalue weighted by Gasteiger charge is 2.46. The van der Waals surface area contributed by atoms with E-state index in [1.54, 1.807) is 42.3 Å². The lowest BCUT2D eigenvalue weighted by molar-refractivity contribution is -0.140. The Morgan fingerprint density at radius 1 is 1.00 bits per heavy atom. The van der Waals surface area contributed by atoms with Crippen molar-refractivity contribution in [1.82, 2.24) is 9.80 Å². The standard InChI is InChI=1S/C32H44N2O6/c1-8-33(9-2)16-17-34-29(23-11-14-26(27(20-23)38-7)40-18-15-21(4)5)28(31(36)32(34)37)30(35)24-12-13-25(39-10-3)22(6)19-24/h11-14,19-21,29,35H,8-10,15-18H2,1-7H3/b30-28+. The number of ether oxygens (including phenoxy) is 3. The van der Waals surface area contributed by atoms with Gasteiger partial charge in [-0.25, -0.2) is 0 Å². The van der Waals surface area contributed by atoms with Crippen LogP contribution in [0.5, 0.6) is 17.2 Å². The van der Waals surface area contributed by atoms with Crippen LogP contribution in [0.15, 0.2) is 42.0 Å². The number of methoxy groups -OCH3 is 1. The normalized spacial score (nSPS) is 16.7. The molecule has 1 atom stereocenters. The fourth-order valence-corrected chi connectivity index (χ4v) is 4.89. The fourth-order valence-electron chi connectivity index (χ4n) is 4.89. The molecular weight excluding hydrogens is 508 g/mol. The number of benzene rings is 2. The van der Waals surface area contributed by atoms with E-state index < -0.39 is 17.7 Å². The Morgan fingerprint density at radius 3 is 2.30 bits per heavy atom. The highest BCUT2D eigenvalue weighted by Crippen LogP contribution is 2.42. The van der Waals surface area contributed by atoms with Gasteiger partial charge in [-0.1, -0.05) is 33.8 Å². The molecule has 1 fully saturated rings. The van der Waals surface area contributed by atoms with E-state index >= 15 is 0 Å². The molecule has 0 radical (unpaired) electrons. The van der Waals surface area contributed by atoms with E-state index in [1.165, 1.54) is 0 Å². The van der Waals surface area contributed by atoms with Crippen LogP contribution in [0.3, 0.4) is 0 Å². The molecule has 1 heterocycles. The molecule has 1 saturated heterocycles. The first kappa shape index (κ1) is 31.0. The van der Waals surface area contributed by atoms with Crippen LogP contribution >= 0.6 is 0 Å². The summed E-state index contributed by atoms with van der Waals surface area (Å²) in [6.07, 6.45) is 0.901. The number of aliphatic hydroxyl groups excluding tert-OH is 1. The van der Waals surface area contributed by atoms with Crippen LogP contribution in [0.1, 0.15) is 63.8 Å². The number of ketones is 1. The largest absolute Gasteiger partial charge is 0.507 e. The quantitative estimate of drug-likeness (QED) is 0.186. The van der Waals surface area contributed by atoms with Gasteiger partial charge < -0.3 is 29.1 Å². The molecule has 0 bridgehead atoms. The number of aliphatic hydroxyl groups is 1. The molecule has 1 N–H and O–H groups in total. The van der Waals surface area contributed by atoms with Gasteiger partial charge in [0, 0.05) is 18.7 Å². The first-order valence-corrected chi connectivity index (χ1v) is 14.2. The number of carbonyl (C=O) groups excluding carboxylic acids is 2. The number of hydrogen-bond acceptors (Lipinski definition) is 7. The molecule has 1 unspecified atom stereocenters. The summed E-state index contributed by atoms with van der Waals surface area (Å²) in [6, 6.07) is 9.91. The van der Waals surface area contributed by atoms with Gasteiger partial charge >= 0.3 is 0 Å². The number of Topliss-reactive ketones (excluding diaryl/α,β-unsaturated/α-hetero) is 1. The molecule has 0 saturated carbocycles. The summed E-state index contributed by atoms with van der Waals surface area (Å²) in [7, 11) is 1.56. The minimum atomic E-state index is -0.777. The minimum absolute atomic E-state index is 0.0589. The van der Waals surface area contributed by atoms with E-state index in [-0.39, 0.29) is 11.3 Å². The summed E-state index contributed by atoms with van der Waals surface area (Å²) >= 11 is 0. The first-order chi connectivity index (χ1) is 19.2. The van der Waals surface area contributed by atoms with E-state index in [1.807, 2.05) is 19.9 Å². The van der Waals surface area contributed by atoms with Gasteiger partial charge in [-0.3, -0.25) is 9.59 Å². The molecule has 1 amide bonds. The maximum absolute atomic E-state index is 13.5. The van der Waals surface area contributed by atoms with Crippen LogP contribution in [0, 0.1) is 12.8 Å². The van der Waals surface area contributed by atoms with Crippen molar-refractivity contribution < 1.29 is 28.9 Å². The Bertz CT molecular complexity index is 1220. The summed E-state index contributed by atoms with van der Waals surface area (Å²) in [6.45, 7) is 15.8. The fraction of sp³-hybridized carbons (Fsp3) is 0.500. The zero-order valence-corrected chi connectivity index (χ0v) is 25.0. The summed E-state index contributed by atoms with van der Waals surface area (Å²) in [4.78, 5) is 30.6. The number of carbonyl (C=O) groups is 2. The van der Waals surface area contributed by atoms with Crippen molar-refractivity contribution in [2.45, 2.75) is 54.0 Å². The zero-order valence-electron chi connectivity index (χ0n) is 25.0. The number of likely N-dealkylation sites (tertiary alicyclic amines) is 1. The molecule has 1 aliphatic rings. The third-order valence-corrected chi connectivity index (χ3v) is 7.30. The number of aryl methyl sites for hydroxylation is 1. The molecule has 0 aliphatic carbocycles. The zero-order chi connectivity index (χ0) is 29.4. The number of rotatable bonds is 14. The SMILES string of the molecule is CCOc1ccc(/C(O)=C2\C(=O)C(=O)N(CCN(CC)CC)C2c2ccc(OCCC(C)C)c(OC)c2)cc1C. The van der Waals surface area contributed by atoms with E-state index in [0.717, 1.165) is 25.1 Å². The van der Waals surface area contributed by atoms with Crippen molar-refractivity contribution in [3.8, 4) is 17.2 Å². The second-order valence-electron chi connectivity index (χ2n) is 10.4. The van der Waals surface area contributed by atoms with Crippen LogP contribution in [-0.4, -0.2) is 73.1 Å². The van der Waals surface area contributed by atoms with Gasteiger partial charge in [-0.2, -0.15) is 0 Å². The van der Waals surface area contributed by atoms with Gasteiger partial charge in [-0.15, -0.1) is 0 Å². The number of likely N-dealkylation sites (N-methyl/N-ethyl adjacent to an activating group) is 1. The molecule has 8 heteroatoms. The predicted molar refractivity (Wildman–Crippen MR) is 157 cm³/mol. The molecule has 3 rings (SSSR count). The van der Waals surface area contributed by atoms with Gasteiger partial charge in [0.2, 0.25) is 0 Å². The number of nitrogens with zero attached hydrogens (tertiary/aromatic N) is 2. The average molecular weight is 553 g/mol. The second-order valence-corrected chi connectivity index (χ2v) is 10.4. The Morgan fingerprint density at radius 2 is 1.70 bits per heavy atom. The van der Waals surface area contributed by atoms with Crippen molar-refractivity contribution in [2.75, 3.05) is 46.5 Å². The van der Waals surface area contributed by atoms with Crippen LogP contribution in [0.2, 0.25) is 0 Å². The topological polar surface area (TPSA) is 88.5 Å². The smallest absolute Gasteiger partial charge is 0.295 e. The molecule has 0 aromatic heterocycles. The van der Waals surface area contributed by atoms with Gasteiger partial charge in [-0.05, 0) is 80.7 Å². The Labute approximate surface area is 238 Å². The van der Waals surface area contributed by atoms with E-state index in [9.17, 15) is 14.7 Å². The summed E-state index contributed by atoms with van der Waals surface area (Å²) in [5.41, 5.74) is 2.00. The minimum Gasteiger partial charge on any atom is -0.507 e. The van der Waals surface area contributed by atoms with E-state index in [4.69, 9.17) is 14.2 Å². The van der Waals surface area contributed by atoms with Crippen molar-refractivity contribution >= 4 is 17.4 Å².